The van der Waals surface area contributed by atoms with E-state index in [1.54, 1.807) is 11.3 Å². The molecule has 3 heteroatoms. The van der Waals surface area contributed by atoms with Crippen LogP contribution in [0.1, 0.15) is 57.1 Å². The molecule has 0 spiro atoms. The standard InChI is InChI=1S/C12H21NOS/c1-7-8-13-9(11(2,3)4)10(15-8)12(5,6)14/h14H,7H2,1-6H3. The number of nitrogens with zero attached hydrogens (tertiary/aromatic N) is 1. The van der Waals surface area contributed by atoms with Gasteiger partial charge in [-0.15, -0.1) is 11.3 Å². The summed E-state index contributed by atoms with van der Waals surface area (Å²) < 4.78 is 0. The second-order valence-corrected chi connectivity index (χ2v) is 6.53. The normalized spacial score (nSPS) is 13.3. The van der Waals surface area contributed by atoms with Crippen molar-refractivity contribution in [2.24, 2.45) is 0 Å². The molecule has 1 aromatic rings. The Hall–Kier alpha value is -0.410. The fourth-order valence-corrected chi connectivity index (χ4v) is 2.65. The van der Waals surface area contributed by atoms with E-state index < -0.39 is 5.60 Å². The lowest BCUT2D eigenvalue weighted by atomic mass is 9.88. The topological polar surface area (TPSA) is 33.1 Å². The molecule has 0 unspecified atom stereocenters. The lowest BCUT2D eigenvalue weighted by Gasteiger charge is -2.23. The van der Waals surface area contributed by atoms with Crippen LogP contribution in [0, 0.1) is 0 Å². The Morgan fingerprint density at radius 1 is 1.20 bits per heavy atom. The second-order valence-electron chi connectivity index (χ2n) is 5.45. The maximum Gasteiger partial charge on any atom is 0.0951 e. The molecule has 0 amide bonds. The summed E-state index contributed by atoms with van der Waals surface area (Å²) in [6.45, 7) is 12.2. The van der Waals surface area contributed by atoms with Crippen molar-refractivity contribution in [2.75, 3.05) is 0 Å². The number of rotatable bonds is 2. The largest absolute Gasteiger partial charge is 0.385 e. The maximum atomic E-state index is 10.1. The summed E-state index contributed by atoms with van der Waals surface area (Å²) in [6, 6.07) is 0. The number of hydrogen-bond acceptors (Lipinski definition) is 3. The highest BCUT2D eigenvalue weighted by Gasteiger charge is 2.30. The van der Waals surface area contributed by atoms with E-state index in [9.17, 15) is 5.11 Å². The Bertz CT molecular complexity index is 310. The molecule has 0 aliphatic heterocycles. The molecule has 0 radical (unpaired) electrons. The van der Waals surface area contributed by atoms with Crippen LogP contribution >= 0.6 is 11.3 Å². The van der Waals surface area contributed by atoms with Gasteiger partial charge in [-0.05, 0) is 20.3 Å². The zero-order chi connectivity index (χ0) is 11.9. The van der Waals surface area contributed by atoms with Crippen LogP contribution in [-0.2, 0) is 17.4 Å². The number of hydrogen-bond donors (Lipinski definition) is 1. The van der Waals surface area contributed by atoms with E-state index in [0.29, 0.717) is 0 Å². The first kappa shape index (κ1) is 12.7. The van der Waals surface area contributed by atoms with Gasteiger partial charge in [0.05, 0.1) is 21.2 Å². The van der Waals surface area contributed by atoms with Gasteiger partial charge in [-0.1, -0.05) is 27.7 Å². The fourth-order valence-electron chi connectivity index (χ4n) is 1.44. The molecular formula is C12H21NOS. The lowest BCUT2D eigenvalue weighted by Crippen LogP contribution is -2.22. The third kappa shape index (κ3) is 2.79. The molecule has 0 saturated carbocycles. The number of thiazole rings is 1. The molecule has 0 aromatic carbocycles. The first-order valence-electron chi connectivity index (χ1n) is 5.39. The lowest BCUT2D eigenvalue weighted by molar-refractivity contribution is 0.0803. The number of aromatic nitrogens is 1. The highest BCUT2D eigenvalue weighted by molar-refractivity contribution is 7.11. The predicted molar refractivity (Wildman–Crippen MR) is 65.4 cm³/mol. The first-order chi connectivity index (χ1) is 6.66. The Morgan fingerprint density at radius 3 is 2.00 bits per heavy atom. The molecule has 0 aliphatic carbocycles. The Balaban J connectivity index is 3.31. The molecular weight excluding hydrogens is 206 g/mol. The van der Waals surface area contributed by atoms with Crippen molar-refractivity contribution in [1.29, 1.82) is 0 Å². The van der Waals surface area contributed by atoms with Crippen LogP contribution in [0.15, 0.2) is 0 Å². The quantitative estimate of drug-likeness (QED) is 0.841. The van der Waals surface area contributed by atoms with Crippen molar-refractivity contribution in [3.63, 3.8) is 0 Å². The smallest absolute Gasteiger partial charge is 0.0951 e. The molecule has 1 aromatic heterocycles. The highest BCUT2D eigenvalue weighted by Crippen LogP contribution is 2.36. The summed E-state index contributed by atoms with van der Waals surface area (Å²) in [5.74, 6) is 0. The molecule has 86 valence electrons. The van der Waals surface area contributed by atoms with E-state index in [2.05, 4.69) is 32.7 Å². The van der Waals surface area contributed by atoms with Crippen LogP contribution in [0.4, 0.5) is 0 Å². The van der Waals surface area contributed by atoms with Crippen LogP contribution in [0.3, 0.4) is 0 Å². The Morgan fingerprint density at radius 2 is 1.73 bits per heavy atom. The molecule has 0 atom stereocenters. The summed E-state index contributed by atoms with van der Waals surface area (Å²) in [4.78, 5) is 5.63. The molecule has 0 fully saturated rings. The molecule has 15 heavy (non-hydrogen) atoms. The van der Waals surface area contributed by atoms with Crippen LogP contribution in [-0.4, -0.2) is 10.1 Å². The molecule has 1 rings (SSSR count). The average molecular weight is 227 g/mol. The summed E-state index contributed by atoms with van der Waals surface area (Å²) in [7, 11) is 0. The summed E-state index contributed by atoms with van der Waals surface area (Å²) in [6.07, 6.45) is 0.934. The van der Waals surface area contributed by atoms with E-state index in [4.69, 9.17) is 0 Å². The van der Waals surface area contributed by atoms with Crippen LogP contribution < -0.4 is 0 Å². The van der Waals surface area contributed by atoms with Gasteiger partial charge in [0.15, 0.2) is 0 Å². The van der Waals surface area contributed by atoms with E-state index in [1.807, 2.05) is 13.8 Å². The van der Waals surface area contributed by atoms with Crippen molar-refractivity contribution < 1.29 is 5.11 Å². The molecule has 1 heterocycles. The van der Waals surface area contributed by atoms with Crippen molar-refractivity contribution in [3.8, 4) is 0 Å². The minimum Gasteiger partial charge on any atom is -0.385 e. The zero-order valence-corrected chi connectivity index (χ0v) is 11.3. The monoisotopic (exact) mass is 227 g/mol. The van der Waals surface area contributed by atoms with Gasteiger partial charge in [0.2, 0.25) is 0 Å². The Kier molecular flexibility index (Phi) is 3.27. The second kappa shape index (κ2) is 3.87. The Labute approximate surface area is 96.4 Å². The molecule has 0 saturated heterocycles. The van der Waals surface area contributed by atoms with E-state index in [0.717, 1.165) is 22.0 Å². The van der Waals surface area contributed by atoms with Crippen molar-refractivity contribution in [1.82, 2.24) is 4.98 Å². The molecule has 0 aliphatic rings. The predicted octanol–water partition coefficient (Wildman–Crippen LogP) is 3.23. The minimum absolute atomic E-state index is 0.000741. The van der Waals surface area contributed by atoms with Gasteiger partial charge >= 0.3 is 0 Å². The highest BCUT2D eigenvalue weighted by atomic mass is 32.1. The van der Waals surface area contributed by atoms with Crippen molar-refractivity contribution in [3.05, 3.63) is 15.6 Å². The first-order valence-corrected chi connectivity index (χ1v) is 6.21. The molecule has 1 N–H and O–H groups in total. The van der Waals surface area contributed by atoms with E-state index in [1.165, 1.54) is 0 Å². The van der Waals surface area contributed by atoms with Crippen LogP contribution in [0.2, 0.25) is 0 Å². The van der Waals surface area contributed by atoms with Crippen molar-refractivity contribution >= 4 is 11.3 Å². The van der Waals surface area contributed by atoms with Gasteiger partial charge in [-0.3, -0.25) is 0 Å². The van der Waals surface area contributed by atoms with E-state index >= 15 is 0 Å². The minimum atomic E-state index is -0.784. The van der Waals surface area contributed by atoms with Gasteiger partial charge in [0, 0.05) is 5.41 Å². The molecule has 2 nitrogen and oxygen atoms in total. The van der Waals surface area contributed by atoms with Crippen LogP contribution in [0.25, 0.3) is 0 Å². The number of aliphatic hydroxyl groups is 1. The summed E-state index contributed by atoms with van der Waals surface area (Å²) in [5, 5.41) is 11.2. The summed E-state index contributed by atoms with van der Waals surface area (Å²) in [5.41, 5.74) is 0.254. The molecule has 0 bridgehead atoms. The van der Waals surface area contributed by atoms with Crippen molar-refractivity contribution in [2.45, 2.75) is 59.0 Å². The van der Waals surface area contributed by atoms with E-state index in [-0.39, 0.29) is 5.41 Å². The van der Waals surface area contributed by atoms with Gasteiger partial charge in [-0.2, -0.15) is 0 Å². The maximum absolute atomic E-state index is 10.1. The SMILES string of the molecule is CCc1nc(C(C)(C)C)c(C(C)(C)O)s1. The van der Waals surface area contributed by atoms with Crippen LogP contribution in [0.5, 0.6) is 0 Å². The third-order valence-corrected chi connectivity index (χ3v) is 3.75. The zero-order valence-electron chi connectivity index (χ0n) is 10.5. The van der Waals surface area contributed by atoms with Gasteiger partial charge < -0.3 is 5.11 Å². The summed E-state index contributed by atoms with van der Waals surface area (Å²) >= 11 is 1.63. The van der Waals surface area contributed by atoms with Gasteiger partial charge in [0.1, 0.15) is 0 Å². The fraction of sp³-hybridized carbons (Fsp3) is 0.750. The average Bonchev–Trinajstić information content (AvgIpc) is 2.44. The van der Waals surface area contributed by atoms with Gasteiger partial charge in [0.25, 0.3) is 0 Å². The third-order valence-electron chi connectivity index (χ3n) is 2.24. The number of aryl methyl sites for hydroxylation is 1. The van der Waals surface area contributed by atoms with Gasteiger partial charge in [-0.25, -0.2) is 4.98 Å².